The quantitative estimate of drug-likeness (QED) is 0.169. The van der Waals surface area contributed by atoms with Crippen molar-refractivity contribution in [3.8, 4) is 22.4 Å². The molecule has 0 unspecified atom stereocenters. The molecule has 0 aliphatic heterocycles. The summed E-state index contributed by atoms with van der Waals surface area (Å²) in [4.78, 5) is 27.5. The van der Waals surface area contributed by atoms with E-state index in [2.05, 4.69) is 27.0 Å². The fraction of sp³-hybridized carbons (Fsp3) is 0.286. The van der Waals surface area contributed by atoms with Crippen LogP contribution in [0.2, 0.25) is 0 Å². The molecule has 2 heterocycles. The van der Waals surface area contributed by atoms with Crippen molar-refractivity contribution in [1.29, 1.82) is 0 Å². The van der Waals surface area contributed by atoms with Gasteiger partial charge < -0.3 is 5.32 Å². The lowest BCUT2D eigenvalue weighted by atomic mass is 9.96. The fourth-order valence-electron chi connectivity index (χ4n) is 4.27. The van der Waals surface area contributed by atoms with Crippen LogP contribution in [0.5, 0.6) is 0 Å². The lowest BCUT2D eigenvalue weighted by molar-refractivity contribution is -0.121. The first-order valence-corrected chi connectivity index (χ1v) is 15.2. The number of amides is 2. The first-order valence-electron chi connectivity index (χ1n) is 13.0. The van der Waals surface area contributed by atoms with E-state index in [4.69, 9.17) is 11.6 Å². The number of carbonyl (C=O) groups is 2. The summed E-state index contributed by atoms with van der Waals surface area (Å²) in [6, 6.07) is 14.7. The van der Waals surface area contributed by atoms with Crippen LogP contribution in [0.15, 0.2) is 67.1 Å². The second kappa shape index (κ2) is 13.1. The summed E-state index contributed by atoms with van der Waals surface area (Å²) in [6.45, 7) is 4.69. The Morgan fingerprint density at radius 3 is 2.51 bits per heavy atom. The van der Waals surface area contributed by atoms with Crippen LogP contribution in [0.3, 0.4) is 0 Å². The van der Waals surface area contributed by atoms with Crippen LogP contribution in [-0.2, 0) is 34.8 Å². The molecular formula is C28H32ClN7O4S. The Labute approximate surface area is 243 Å². The van der Waals surface area contributed by atoms with Gasteiger partial charge in [-0.3, -0.25) is 24.4 Å². The highest BCUT2D eigenvalue weighted by Crippen LogP contribution is 2.30. The molecule has 4 aromatic rings. The number of aromatic nitrogens is 4. The molecule has 2 amide bonds. The Balaban J connectivity index is 1.53. The number of hydrazine groups is 1. The maximum Gasteiger partial charge on any atom is 0.252 e. The van der Waals surface area contributed by atoms with E-state index in [1.54, 1.807) is 35.1 Å². The molecule has 0 fully saturated rings. The molecule has 0 aliphatic carbocycles. The third-order valence-electron chi connectivity index (χ3n) is 6.47. The van der Waals surface area contributed by atoms with Crippen molar-refractivity contribution in [1.82, 2.24) is 35.1 Å². The SMILES string of the molecule is CCn1ccc(-c2cc(-c3cnn(C)c3)cc([C@@H](C)NC(=O)c3ccccc3CCC(=O)NNS(=O)(=O)CCl)c2)n1. The van der Waals surface area contributed by atoms with Crippen LogP contribution >= 0.6 is 11.6 Å². The molecule has 3 N–H and O–H groups in total. The second-order valence-electron chi connectivity index (χ2n) is 9.53. The average Bonchev–Trinajstić information content (AvgIpc) is 3.64. The van der Waals surface area contributed by atoms with Gasteiger partial charge in [-0.2, -0.15) is 10.2 Å². The number of aryl methyl sites for hydroxylation is 3. The minimum absolute atomic E-state index is 0.0361. The van der Waals surface area contributed by atoms with Crippen molar-refractivity contribution in [2.75, 3.05) is 5.21 Å². The summed E-state index contributed by atoms with van der Waals surface area (Å²) in [5, 5.41) is 11.4. The second-order valence-corrected chi connectivity index (χ2v) is 11.8. The smallest absolute Gasteiger partial charge is 0.252 e. The minimum Gasteiger partial charge on any atom is -0.346 e. The number of rotatable bonds is 12. The zero-order valence-corrected chi connectivity index (χ0v) is 24.5. The van der Waals surface area contributed by atoms with Gasteiger partial charge in [0.2, 0.25) is 15.9 Å². The fourth-order valence-corrected chi connectivity index (χ4v) is 4.76. The normalized spacial score (nSPS) is 12.2. The molecule has 0 aliphatic rings. The number of halogens is 1. The van der Waals surface area contributed by atoms with E-state index < -0.39 is 21.1 Å². The first-order chi connectivity index (χ1) is 19.6. The number of hydrogen-bond donors (Lipinski definition) is 3. The van der Waals surface area contributed by atoms with E-state index in [0.29, 0.717) is 11.1 Å². The summed E-state index contributed by atoms with van der Waals surface area (Å²) < 4.78 is 26.5. The average molecular weight is 598 g/mol. The molecule has 11 nitrogen and oxygen atoms in total. The largest absolute Gasteiger partial charge is 0.346 e. The van der Waals surface area contributed by atoms with Crippen LogP contribution in [0.4, 0.5) is 0 Å². The molecule has 41 heavy (non-hydrogen) atoms. The van der Waals surface area contributed by atoms with E-state index in [-0.39, 0.29) is 24.8 Å². The van der Waals surface area contributed by atoms with E-state index in [1.165, 1.54) is 0 Å². The zero-order valence-electron chi connectivity index (χ0n) is 23.0. The number of alkyl halides is 1. The van der Waals surface area contributed by atoms with Crippen molar-refractivity contribution in [2.24, 2.45) is 7.05 Å². The molecular weight excluding hydrogens is 566 g/mol. The topological polar surface area (TPSA) is 140 Å². The van der Waals surface area contributed by atoms with Gasteiger partial charge in [-0.1, -0.05) is 18.2 Å². The highest BCUT2D eigenvalue weighted by Gasteiger charge is 2.18. The number of sulfonamides is 1. The van der Waals surface area contributed by atoms with Crippen LogP contribution in [0, 0.1) is 0 Å². The number of nitrogens with zero attached hydrogens (tertiary/aromatic N) is 4. The predicted octanol–water partition coefficient (Wildman–Crippen LogP) is 3.54. The van der Waals surface area contributed by atoms with Crippen molar-refractivity contribution in [3.05, 3.63) is 83.8 Å². The molecule has 2 aromatic carbocycles. The third kappa shape index (κ3) is 7.81. The molecule has 0 spiro atoms. The van der Waals surface area contributed by atoms with Gasteiger partial charge in [0, 0.05) is 49.1 Å². The van der Waals surface area contributed by atoms with Crippen LogP contribution < -0.4 is 15.6 Å². The molecule has 216 valence electrons. The molecule has 0 saturated heterocycles. The first kappa shape index (κ1) is 30.0. The van der Waals surface area contributed by atoms with Crippen LogP contribution in [0.25, 0.3) is 22.4 Å². The number of benzene rings is 2. The Bertz CT molecular complexity index is 1650. The molecule has 13 heteroatoms. The van der Waals surface area contributed by atoms with Crippen LogP contribution in [-0.4, -0.2) is 45.0 Å². The van der Waals surface area contributed by atoms with Crippen molar-refractivity contribution in [2.45, 2.75) is 39.3 Å². The summed E-state index contributed by atoms with van der Waals surface area (Å²) in [5.74, 6) is -0.840. The van der Waals surface area contributed by atoms with E-state index in [0.717, 1.165) is 34.5 Å². The molecule has 0 bridgehead atoms. The van der Waals surface area contributed by atoms with Gasteiger partial charge >= 0.3 is 0 Å². The van der Waals surface area contributed by atoms with Gasteiger partial charge in [-0.15, -0.1) is 16.4 Å². The molecule has 0 saturated carbocycles. The van der Waals surface area contributed by atoms with Gasteiger partial charge in [0.05, 0.1) is 17.9 Å². The van der Waals surface area contributed by atoms with Gasteiger partial charge in [0.25, 0.3) is 5.91 Å². The summed E-state index contributed by atoms with van der Waals surface area (Å²) >= 11 is 5.32. The van der Waals surface area contributed by atoms with Gasteiger partial charge in [-0.25, -0.2) is 8.42 Å². The maximum atomic E-state index is 13.4. The Morgan fingerprint density at radius 1 is 1.07 bits per heavy atom. The zero-order chi connectivity index (χ0) is 29.6. The Hall–Kier alpha value is -4.00. The maximum absolute atomic E-state index is 13.4. The Kier molecular flexibility index (Phi) is 9.58. The van der Waals surface area contributed by atoms with Gasteiger partial charge in [0.15, 0.2) is 0 Å². The predicted molar refractivity (Wildman–Crippen MR) is 157 cm³/mol. The van der Waals surface area contributed by atoms with Gasteiger partial charge in [-0.05, 0) is 67.3 Å². The van der Waals surface area contributed by atoms with Crippen molar-refractivity contribution >= 4 is 33.4 Å². The Morgan fingerprint density at radius 2 is 1.83 bits per heavy atom. The lowest BCUT2D eigenvalue weighted by Gasteiger charge is -2.18. The molecule has 2 aromatic heterocycles. The number of carbonyl (C=O) groups excluding carboxylic acids is 2. The highest BCUT2D eigenvalue weighted by molar-refractivity contribution is 7.90. The van der Waals surface area contributed by atoms with E-state index in [9.17, 15) is 18.0 Å². The lowest BCUT2D eigenvalue weighted by Crippen LogP contribution is -2.42. The summed E-state index contributed by atoms with van der Waals surface area (Å²) in [5.41, 5.74) is 7.74. The molecule has 4 rings (SSSR count). The summed E-state index contributed by atoms with van der Waals surface area (Å²) in [6.07, 6.45) is 5.85. The number of nitrogens with one attached hydrogen (secondary N) is 3. The minimum atomic E-state index is -3.79. The van der Waals surface area contributed by atoms with Gasteiger partial charge in [0.1, 0.15) is 5.21 Å². The van der Waals surface area contributed by atoms with Crippen molar-refractivity contribution in [3.63, 3.8) is 0 Å². The van der Waals surface area contributed by atoms with E-state index >= 15 is 0 Å². The summed E-state index contributed by atoms with van der Waals surface area (Å²) in [7, 11) is -1.93. The third-order valence-corrected chi connectivity index (χ3v) is 8.04. The number of hydrogen-bond acceptors (Lipinski definition) is 6. The monoisotopic (exact) mass is 597 g/mol. The van der Waals surface area contributed by atoms with Crippen molar-refractivity contribution < 1.29 is 18.0 Å². The highest BCUT2D eigenvalue weighted by atomic mass is 35.5. The standard InChI is InChI=1S/C28H32ClN7O4S/c1-4-36-12-11-26(33-36)23-14-21(13-22(15-23)24-16-30-35(3)17-24)19(2)31-28(38)25-8-6-5-7-20(25)9-10-27(37)32-34-41(39,40)18-29/h5-8,11-17,19,34H,4,9-10,18H2,1-3H3,(H,31,38)(H,32,37)/t19-/m1/s1. The molecule has 1 atom stereocenters. The molecule has 0 radical (unpaired) electrons. The van der Waals surface area contributed by atoms with Crippen LogP contribution in [0.1, 0.15) is 47.8 Å². The van der Waals surface area contributed by atoms with E-state index in [1.807, 2.05) is 61.0 Å².